The van der Waals surface area contributed by atoms with Crippen LogP contribution in [-0.2, 0) is 4.74 Å². The molecule has 1 amide bonds. The van der Waals surface area contributed by atoms with E-state index in [2.05, 4.69) is 10.3 Å². The molecule has 1 aromatic heterocycles. The summed E-state index contributed by atoms with van der Waals surface area (Å²) < 4.78 is 4.95. The molecule has 0 radical (unpaired) electrons. The van der Waals surface area contributed by atoms with Gasteiger partial charge in [-0.2, -0.15) is 0 Å². The molecule has 22 heavy (non-hydrogen) atoms. The van der Waals surface area contributed by atoms with Gasteiger partial charge in [-0.1, -0.05) is 12.1 Å². The largest absolute Gasteiger partial charge is 0.462 e. The number of amides is 1. The van der Waals surface area contributed by atoms with E-state index in [9.17, 15) is 14.4 Å². The summed E-state index contributed by atoms with van der Waals surface area (Å²) in [6.45, 7) is 3.37. The van der Waals surface area contributed by atoms with Gasteiger partial charge >= 0.3 is 5.97 Å². The Morgan fingerprint density at radius 1 is 1.09 bits per heavy atom. The van der Waals surface area contributed by atoms with Crippen LogP contribution in [0, 0.1) is 0 Å². The van der Waals surface area contributed by atoms with Crippen LogP contribution in [0.3, 0.4) is 0 Å². The third-order valence-electron chi connectivity index (χ3n) is 2.98. The number of esters is 1. The average Bonchev–Trinajstić information content (AvgIpc) is 2.98. The molecule has 2 aromatic rings. The quantitative estimate of drug-likeness (QED) is 0.656. The van der Waals surface area contributed by atoms with E-state index in [-0.39, 0.29) is 23.6 Å². The minimum atomic E-state index is -0.505. The van der Waals surface area contributed by atoms with Gasteiger partial charge in [0.15, 0.2) is 5.78 Å². The number of para-hydroxylation sites is 1. The van der Waals surface area contributed by atoms with Gasteiger partial charge in [-0.15, -0.1) is 0 Å². The first-order valence-electron chi connectivity index (χ1n) is 6.80. The number of nitrogens with one attached hydrogen (secondary N) is 2. The minimum absolute atomic E-state index is 0.161. The Morgan fingerprint density at radius 3 is 2.41 bits per heavy atom. The van der Waals surface area contributed by atoms with Crippen molar-refractivity contribution < 1.29 is 19.1 Å². The van der Waals surface area contributed by atoms with Crippen LogP contribution in [0.2, 0.25) is 0 Å². The second-order valence-corrected chi connectivity index (χ2v) is 4.56. The lowest BCUT2D eigenvalue weighted by atomic mass is 10.1. The zero-order valence-electron chi connectivity index (χ0n) is 12.3. The van der Waals surface area contributed by atoms with Gasteiger partial charge in [0.05, 0.1) is 23.6 Å². The molecule has 0 fully saturated rings. The van der Waals surface area contributed by atoms with Crippen molar-refractivity contribution in [2.45, 2.75) is 13.8 Å². The monoisotopic (exact) mass is 300 g/mol. The normalized spacial score (nSPS) is 10.1. The van der Waals surface area contributed by atoms with Crippen molar-refractivity contribution in [1.82, 2.24) is 4.98 Å². The van der Waals surface area contributed by atoms with Crippen LogP contribution in [0.1, 0.15) is 45.2 Å². The summed E-state index contributed by atoms with van der Waals surface area (Å²) >= 11 is 0. The zero-order chi connectivity index (χ0) is 16.1. The van der Waals surface area contributed by atoms with Gasteiger partial charge in [-0.25, -0.2) is 4.79 Å². The predicted octanol–water partition coefficient (Wildman–Crippen LogP) is 2.65. The summed E-state index contributed by atoms with van der Waals surface area (Å²) in [4.78, 5) is 38.0. The maximum absolute atomic E-state index is 12.2. The highest BCUT2D eigenvalue weighted by Crippen LogP contribution is 2.17. The lowest BCUT2D eigenvalue weighted by Gasteiger charge is -2.09. The van der Waals surface area contributed by atoms with Gasteiger partial charge < -0.3 is 15.0 Å². The number of aromatic amines is 1. The molecule has 1 heterocycles. The number of ether oxygens (including phenoxy) is 1. The van der Waals surface area contributed by atoms with Crippen molar-refractivity contribution in [3.63, 3.8) is 0 Å². The summed E-state index contributed by atoms with van der Waals surface area (Å²) in [7, 11) is 0. The van der Waals surface area contributed by atoms with Crippen molar-refractivity contribution in [2.24, 2.45) is 0 Å². The van der Waals surface area contributed by atoms with Gasteiger partial charge in [-0.05, 0) is 31.2 Å². The van der Waals surface area contributed by atoms with Crippen LogP contribution < -0.4 is 5.32 Å². The highest BCUT2D eigenvalue weighted by molar-refractivity contribution is 6.07. The van der Waals surface area contributed by atoms with E-state index >= 15 is 0 Å². The maximum atomic E-state index is 12.2. The van der Waals surface area contributed by atoms with E-state index in [1.807, 2.05) is 0 Å². The fourth-order valence-electron chi connectivity index (χ4n) is 1.90. The van der Waals surface area contributed by atoms with Crippen LogP contribution in [0.4, 0.5) is 5.69 Å². The number of aromatic nitrogens is 1. The number of carbonyl (C=O) groups excluding carboxylic acids is 3. The average molecular weight is 300 g/mol. The molecule has 114 valence electrons. The lowest BCUT2D eigenvalue weighted by Crippen LogP contribution is -2.16. The molecule has 0 saturated heterocycles. The van der Waals surface area contributed by atoms with Crippen molar-refractivity contribution in [3.05, 3.63) is 53.3 Å². The number of hydrogen-bond donors (Lipinski definition) is 2. The summed E-state index contributed by atoms with van der Waals surface area (Å²) in [5.41, 5.74) is 1.22. The van der Waals surface area contributed by atoms with E-state index in [0.29, 0.717) is 11.4 Å². The SMILES string of the molecule is CCOC(=O)c1ccccc1NC(=O)c1ccc(C(C)=O)[nH]1. The molecule has 0 atom stereocenters. The fraction of sp³-hybridized carbons (Fsp3) is 0.188. The summed E-state index contributed by atoms with van der Waals surface area (Å²) in [5, 5.41) is 2.64. The first-order valence-corrected chi connectivity index (χ1v) is 6.80. The van der Waals surface area contributed by atoms with E-state index in [1.165, 1.54) is 19.1 Å². The molecule has 0 unspecified atom stereocenters. The van der Waals surface area contributed by atoms with Gasteiger partial charge in [0.2, 0.25) is 0 Å². The molecule has 0 aliphatic rings. The molecule has 0 aliphatic carbocycles. The predicted molar refractivity (Wildman–Crippen MR) is 81.1 cm³/mol. The summed E-state index contributed by atoms with van der Waals surface area (Å²) in [5.74, 6) is -1.11. The lowest BCUT2D eigenvalue weighted by molar-refractivity contribution is 0.0527. The first kappa shape index (κ1) is 15.5. The van der Waals surface area contributed by atoms with Crippen molar-refractivity contribution in [3.8, 4) is 0 Å². The van der Waals surface area contributed by atoms with Crippen LogP contribution in [0.15, 0.2) is 36.4 Å². The van der Waals surface area contributed by atoms with Gasteiger partial charge in [-0.3, -0.25) is 9.59 Å². The topological polar surface area (TPSA) is 88.3 Å². The Morgan fingerprint density at radius 2 is 1.77 bits per heavy atom. The first-order chi connectivity index (χ1) is 10.5. The van der Waals surface area contributed by atoms with Gasteiger partial charge in [0.25, 0.3) is 5.91 Å². The number of H-pyrrole nitrogens is 1. The molecular formula is C16H16N2O4. The molecular weight excluding hydrogens is 284 g/mol. The second-order valence-electron chi connectivity index (χ2n) is 4.56. The van der Waals surface area contributed by atoms with E-state index in [4.69, 9.17) is 4.74 Å². The molecule has 0 bridgehead atoms. The molecule has 0 spiro atoms. The molecule has 2 N–H and O–H groups in total. The second kappa shape index (κ2) is 6.71. The zero-order valence-corrected chi connectivity index (χ0v) is 12.3. The Labute approximate surface area is 127 Å². The molecule has 2 rings (SSSR count). The number of benzene rings is 1. The van der Waals surface area contributed by atoms with Crippen LogP contribution in [0.5, 0.6) is 0 Å². The van der Waals surface area contributed by atoms with Gasteiger partial charge in [0, 0.05) is 6.92 Å². The third-order valence-corrected chi connectivity index (χ3v) is 2.98. The molecule has 6 heteroatoms. The fourth-order valence-corrected chi connectivity index (χ4v) is 1.90. The highest BCUT2D eigenvalue weighted by Gasteiger charge is 2.16. The number of ketones is 1. The number of hydrogen-bond acceptors (Lipinski definition) is 4. The maximum Gasteiger partial charge on any atom is 0.340 e. The van der Waals surface area contributed by atoms with Crippen molar-refractivity contribution >= 4 is 23.3 Å². The highest BCUT2D eigenvalue weighted by atomic mass is 16.5. The van der Waals surface area contributed by atoms with Crippen LogP contribution >= 0.6 is 0 Å². The Balaban J connectivity index is 2.21. The van der Waals surface area contributed by atoms with Crippen LogP contribution in [0.25, 0.3) is 0 Å². The number of anilines is 1. The Hall–Kier alpha value is -2.89. The molecule has 0 aliphatic heterocycles. The molecule has 6 nitrogen and oxygen atoms in total. The van der Waals surface area contributed by atoms with Crippen molar-refractivity contribution in [2.75, 3.05) is 11.9 Å². The van der Waals surface area contributed by atoms with E-state index in [0.717, 1.165) is 0 Å². The summed E-state index contributed by atoms with van der Waals surface area (Å²) in [6, 6.07) is 9.62. The van der Waals surface area contributed by atoms with Gasteiger partial charge in [0.1, 0.15) is 5.69 Å². The minimum Gasteiger partial charge on any atom is -0.462 e. The number of rotatable bonds is 5. The van der Waals surface area contributed by atoms with Crippen molar-refractivity contribution in [1.29, 1.82) is 0 Å². The smallest absolute Gasteiger partial charge is 0.340 e. The summed E-state index contributed by atoms with van der Waals surface area (Å²) in [6.07, 6.45) is 0. The molecule has 1 aromatic carbocycles. The van der Waals surface area contributed by atoms with Crippen LogP contribution in [-0.4, -0.2) is 29.3 Å². The van der Waals surface area contributed by atoms with E-state index < -0.39 is 11.9 Å². The Bertz CT molecular complexity index is 718. The number of Topliss-reactive ketones (excluding diaryl/α,β-unsaturated/α-hetero) is 1. The third kappa shape index (κ3) is 3.41. The number of carbonyl (C=O) groups is 3. The standard InChI is InChI=1S/C16H16N2O4/c1-3-22-16(21)11-6-4-5-7-13(11)18-15(20)14-9-8-12(17-14)10(2)19/h4-9,17H,3H2,1-2H3,(H,18,20). The van der Waals surface area contributed by atoms with E-state index in [1.54, 1.807) is 31.2 Å². The Kier molecular flexibility index (Phi) is 4.73. The molecule has 0 saturated carbocycles.